The van der Waals surface area contributed by atoms with E-state index in [1.165, 1.54) is 0 Å². The molecular formula is C15H17N3O2. The number of hydrogen-bond donors (Lipinski definition) is 0. The fraction of sp³-hybridized carbons (Fsp3) is 0.400. The number of aromatic nitrogens is 1. The van der Waals surface area contributed by atoms with Crippen LogP contribution in [0.3, 0.4) is 0 Å². The maximum Gasteiger partial charge on any atom is 0.222 e. The first-order valence-corrected chi connectivity index (χ1v) is 6.61. The van der Waals surface area contributed by atoms with E-state index in [0.29, 0.717) is 19.4 Å². The molecule has 0 unspecified atom stereocenters. The van der Waals surface area contributed by atoms with Crippen molar-refractivity contribution in [2.24, 2.45) is 5.16 Å². The van der Waals surface area contributed by atoms with Gasteiger partial charge in [-0.3, -0.25) is 9.78 Å². The lowest BCUT2D eigenvalue weighted by molar-refractivity contribution is -0.127. The number of terminal acetylenes is 1. The summed E-state index contributed by atoms with van der Waals surface area (Å²) in [6, 6.07) is 3.75. The standard InChI is InChI=1S/C15H17N3O2/c1-2-11-20-17-14(13-5-3-8-16-12-13)7-10-18-9-4-6-15(18)19/h1,3,5,8,12H,4,6-7,9-11H2/b17-14-. The largest absolute Gasteiger partial charge is 0.382 e. The number of hydrogen-bond acceptors (Lipinski definition) is 4. The van der Waals surface area contributed by atoms with Gasteiger partial charge in [0.15, 0.2) is 6.61 Å². The van der Waals surface area contributed by atoms with Crippen LogP contribution in [0.4, 0.5) is 0 Å². The fourth-order valence-corrected chi connectivity index (χ4v) is 2.10. The van der Waals surface area contributed by atoms with Crippen LogP contribution in [0.5, 0.6) is 0 Å². The Morgan fingerprint density at radius 3 is 3.15 bits per heavy atom. The van der Waals surface area contributed by atoms with Gasteiger partial charge in [0.2, 0.25) is 5.91 Å². The molecule has 104 valence electrons. The first-order chi connectivity index (χ1) is 9.81. The van der Waals surface area contributed by atoms with Gasteiger partial charge in [0, 0.05) is 43.9 Å². The molecule has 1 aliphatic heterocycles. The zero-order chi connectivity index (χ0) is 14.2. The molecule has 0 saturated carbocycles. The van der Waals surface area contributed by atoms with E-state index in [1.807, 2.05) is 17.0 Å². The highest BCUT2D eigenvalue weighted by Crippen LogP contribution is 2.12. The van der Waals surface area contributed by atoms with Crippen LogP contribution < -0.4 is 0 Å². The van der Waals surface area contributed by atoms with Crippen molar-refractivity contribution in [3.8, 4) is 12.3 Å². The van der Waals surface area contributed by atoms with Crippen LogP contribution in [0.1, 0.15) is 24.8 Å². The molecule has 1 aromatic rings. The quantitative estimate of drug-likeness (QED) is 0.340. The molecule has 0 bridgehead atoms. The van der Waals surface area contributed by atoms with E-state index in [2.05, 4.69) is 16.1 Å². The SMILES string of the molecule is C#CCO/N=C(/CCN1CCCC1=O)c1cccnc1. The smallest absolute Gasteiger partial charge is 0.222 e. The van der Waals surface area contributed by atoms with Gasteiger partial charge in [-0.05, 0) is 18.6 Å². The molecule has 1 fully saturated rings. The summed E-state index contributed by atoms with van der Waals surface area (Å²) in [5.74, 6) is 2.58. The normalized spacial score (nSPS) is 15.2. The van der Waals surface area contributed by atoms with Crippen molar-refractivity contribution in [2.45, 2.75) is 19.3 Å². The Bertz CT molecular complexity index is 520. The average Bonchev–Trinajstić information content (AvgIpc) is 2.89. The highest BCUT2D eigenvalue weighted by molar-refractivity contribution is 6.00. The molecule has 1 amide bonds. The van der Waals surface area contributed by atoms with Gasteiger partial charge in [0.25, 0.3) is 0 Å². The summed E-state index contributed by atoms with van der Waals surface area (Å²) >= 11 is 0. The van der Waals surface area contributed by atoms with Crippen LogP contribution in [0, 0.1) is 12.3 Å². The maximum atomic E-state index is 11.6. The van der Waals surface area contributed by atoms with Crippen LogP contribution in [0.15, 0.2) is 29.7 Å². The average molecular weight is 271 g/mol. The number of oxime groups is 1. The molecule has 0 spiro atoms. The topological polar surface area (TPSA) is 54.8 Å². The second-order valence-corrected chi connectivity index (χ2v) is 4.49. The molecular weight excluding hydrogens is 254 g/mol. The van der Waals surface area contributed by atoms with E-state index in [-0.39, 0.29) is 12.5 Å². The second kappa shape index (κ2) is 7.29. The zero-order valence-corrected chi connectivity index (χ0v) is 11.3. The van der Waals surface area contributed by atoms with Crippen molar-refractivity contribution in [3.63, 3.8) is 0 Å². The van der Waals surface area contributed by atoms with E-state index in [0.717, 1.165) is 24.2 Å². The van der Waals surface area contributed by atoms with Crippen molar-refractivity contribution in [1.29, 1.82) is 0 Å². The van der Waals surface area contributed by atoms with Crippen molar-refractivity contribution in [2.75, 3.05) is 19.7 Å². The van der Waals surface area contributed by atoms with Gasteiger partial charge in [-0.25, -0.2) is 0 Å². The molecule has 2 heterocycles. The maximum absolute atomic E-state index is 11.6. The first-order valence-electron chi connectivity index (χ1n) is 6.61. The van der Waals surface area contributed by atoms with E-state index in [9.17, 15) is 4.79 Å². The Balaban J connectivity index is 2.01. The first kappa shape index (κ1) is 14.1. The number of carbonyl (C=O) groups excluding carboxylic acids is 1. The molecule has 0 atom stereocenters. The molecule has 0 aromatic carbocycles. The monoisotopic (exact) mass is 271 g/mol. The van der Waals surface area contributed by atoms with Crippen LogP contribution in [-0.2, 0) is 9.63 Å². The lowest BCUT2D eigenvalue weighted by atomic mass is 10.1. The number of likely N-dealkylation sites (tertiary alicyclic amines) is 1. The van der Waals surface area contributed by atoms with Gasteiger partial charge >= 0.3 is 0 Å². The minimum Gasteiger partial charge on any atom is -0.382 e. The summed E-state index contributed by atoms with van der Waals surface area (Å²) in [7, 11) is 0. The van der Waals surface area contributed by atoms with Crippen molar-refractivity contribution in [3.05, 3.63) is 30.1 Å². The summed E-state index contributed by atoms with van der Waals surface area (Å²) in [5.41, 5.74) is 1.64. The molecule has 2 rings (SSSR count). The third kappa shape index (κ3) is 3.82. The highest BCUT2D eigenvalue weighted by atomic mass is 16.6. The van der Waals surface area contributed by atoms with Crippen LogP contribution in [0.2, 0.25) is 0 Å². The molecule has 5 nitrogen and oxygen atoms in total. The minimum atomic E-state index is 0.131. The van der Waals surface area contributed by atoms with Crippen molar-refractivity contribution >= 4 is 11.6 Å². The molecule has 20 heavy (non-hydrogen) atoms. The molecule has 0 aliphatic carbocycles. The van der Waals surface area contributed by atoms with E-state index < -0.39 is 0 Å². The number of rotatable bonds is 6. The van der Waals surface area contributed by atoms with Crippen LogP contribution in [-0.4, -0.2) is 41.2 Å². The Morgan fingerprint density at radius 2 is 2.50 bits per heavy atom. The highest BCUT2D eigenvalue weighted by Gasteiger charge is 2.20. The number of nitrogens with zero attached hydrogens (tertiary/aromatic N) is 3. The molecule has 1 aromatic heterocycles. The molecule has 5 heteroatoms. The fourth-order valence-electron chi connectivity index (χ4n) is 2.10. The Morgan fingerprint density at radius 1 is 1.60 bits per heavy atom. The van der Waals surface area contributed by atoms with E-state index in [4.69, 9.17) is 11.3 Å². The van der Waals surface area contributed by atoms with Gasteiger partial charge in [0.05, 0.1) is 5.71 Å². The third-order valence-electron chi connectivity index (χ3n) is 3.11. The summed E-state index contributed by atoms with van der Waals surface area (Å²) in [6.45, 7) is 1.60. The summed E-state index contributed by atoms with van der Waals surface area (Å²) in [6.07, 6.45) is 10.8. The second-order valence-electron chi connectivity index (χ2n) is 4.49. The molecule has 1 aliphatic rings. The summed E-state index contributed by atoms with van der Waals surface area (Å²) in [4.78, 5) is 22.6. The lowest BCUT2D eigenvalue weighted by Gasteiger charge is -2.15. The third-order valence-corrected chi connectivity index (χ3v) is 3.11. The van der Waals surface area contributed by atoms with Gasteiger partial charge in [0.1, 0.15) is 0 Å². The van der Waals surface area contributed by atoms with Gasteiger partial charge in [-0.1, -0.05) is 11.1 Å². The van der Waals surface area contributed by atoms with Crippen LogP contribution in [0.25, 0.3) is 0 Å². The Labute approximate surface area is 118 Å². The number of pyridine rings is 1. The molecule has 0 N–H and O–H groups in total. The van der Waals surface area contributed by atoms with Gasteiger partial charge < -0.3 is 9.74 Å². The predicted molar refractivity (Wildman–Crippen MR) is 76.0 cm³/mol. The summed E-state index contributed by atoms with van der Waals surface area (Å²) in [5, 5.41) is 4.07. The van der Waals surface area contributed by atoms with E-state index in [1.54, 1.807) is 12.4 Å². The van der Waals surface area contributed by atoms with Crippen molar-refractivity contribution in [1.82, 2.24) is 9.88 Å². The van der Waals surface area contributed by atoms with Gasteiger partial charge in [-0.15, -0.1) is 6.42 Å². The van der Waals surface area contributed by atoms with E-state index >= 15 is 0 Å². The van der Waals surface area contributed by atoms with Crippen LogP contribution >= 0.6 is 0 Å². The number of carbonyl (C=O) groups is 1. The summed E-state index contributed by atoms with van der Waals surface area (Å²) < 4.78 is 0. The molecule has 0 radical (unpaired) electrons. The van der Waals surface area contributed by atoms with Crippen molar-refractivity contribution < 1.29 is 9.63 Å². The Hall–Kier alpha value is -2.35. The Kier molecular flexibility index (Phi) is 5.13. The van der Waals surface area contributed by atoms with Gasteiger partial charge in [-0.2, -0.15) is 0 Å². The molecule has 1 saturated heterocycles. The minimum absolute atomic E-state index is 0.131. The predicted octanol–water partition coefficient (Wildman–Crippen LogP) is 1.45. The lowest BCUT2D eigenvalue weighted by Crippen LogP contribution is -2.27. The number of amides is 1. The zero-order valence-electron chi connectivity index (χ0n) is 11.3.